The zero-order chi connectivity index (χ0) is 11.5. The summed E-state index contributed by atoms with van der Waals surface area (Å²) in [6.07, 6.45) is 1.28. The fourth-order valence-corrected chi connectivity index (χ4v) is 2.66. The van der Waals surface area contributed by atoms with Crippen molar-refractivity contribution in [3.05, 3.63) is 21.3 Å². The van der Waals surface area contributed by atoms with Crippen LogP contribution in [0.3, 0.4) is 0 Å². The van der Waals surface area contributed by atoms with Crippen LogP contribution in [0, 0.1) is 0 Å². The summed E-state index contributed by atoms with van der Waals surface area (Å²) in [5, 5.41) is 11.8. The molecule has 1 amide bonds. The molecule has 1 aromatic heterocycles. The third kappa shape index (κ3) is 2.36. The lowest BCUT2D eigenvalue weighted by molar-refractivity contribution is 0.0758. The second kappa shape index (κ2) is 4.84. The first-order chi connectivity index (χ1) is 7.70. The SMILES string of the molecule is O=C(c1ccc(Cl)s1)N1CCC(=NO)CC1. The number of piperidine rings is 1. The van der Waals surface area contributed by atoms with Gasteiger partial charge in [-0.15, -0.1) is 11.3 Å². The largest absolute Gasteiger partial charge is 0.411 e. The Morgan fingerprint density at radius 2 is 2.12 bits per heavy atom. The van der Waals surface area contributed by atoms with Crippen LogP contribution in [0.1, 0.15) is 22.5 Å². The molecule has 0 aliphatic carbocycles. The van der Waals surface area contributed by atoms with Gasteiger partial charge in [0.2, 0.25) is 0 Å². The van der Waals surface area contributed by atoms with Gasteiger partial charge in [0.1, 0.15) is 0 Å². The number of rotatable bonds is 1. The maximum atomic E-state index is 12.0. The fraction of sp³-hybridized carbons (Fsp3) is 0.400. The van der Waals surface area contributed by atoms with Crippen molar-refractivity contribution in [2.45, 2.75) is 12.8 Å². The highest BCUT2D eigenvalue weighted by atomic mass is 35.5. The number of carbonyl (C=O) groups is 1. The number of amides is 1. The van der Waals surface area contributed by atoms with Gasteiger partial charge in [0, 0.05) is 25.9 Å². The number of thiophene rings is 1. The molecule has 0 saturated carbocycles. The van der Waals surface area contributed by atoms with Crippen LogP contribution in [0.15, 0.2) is 17.3 Å². The Morgan fingerprint density at radius 1 is 1.44 bits per heavy atom. The van der Waals surface area contributed by atoms with E-state index in [9.17, 15) is 4.79 Å². The molecule has 0 atom stereocenters. The van der Waals surface area contributed by atoms with Crippen LogP contribution >= 0.6 is 22.9 Å². The maximum absolute atomic E-state index is 12.0. The van der Waals surface area contributed by atoms with Crippen molar-refractivity contribution in [2.75, 3.05) is 13.1 Å². The van der Waals surface area contributed by atoms with Gasteiger partial charge in [-0.2, -0.15) is 0 Å². The van der Waals surface area contributed by atoms with Crippen LogP contribution in [0.4, 0.5) is 0 Å². The van der Waals surface area contributed by atoms with Crippen LogP contribution in [-0.2, 0) is 0 Å². The average Bonchev–Trinajstić information content (AvgIpc) is 2.75. The van der Waals surface area contributed by atoms with Crippen molar-refractivity contribution in [3.63, 3.8) is 0 Å². The van der Waals surface area contributed by atoms with Crippen LogP contribution in [0.2, 0.25) is 4.34 Å². The van der Waals surface area contributed by atoms with Gasteiger partial charge >= 0.3 is 0 Å². The lowest BCUT2D eigenvalue weighted by Crippen LogP contribution is -2.38. The number of likely N-dealkylation sites (tertiary alicyclic amines) is 1. The predicted molar refractivity (Wildman–Crippen MR) is 63.7 cm³/mol. The Morgan fingerprint density at radius 3 is 2.62 bits per heavy atom. The molecule has 16 heavy (non-hydrogen) atoms. The molecule has 2 rings (SSSR count). The van der Waals surface area contributed by atoms with Gasteiger partial charge in [-0.1, -0.05) is 16.8 Å². The molecule has 1 N–H and O–H groups in total. The maximum Gasteiger partial charge on any atom is 0.263 e. The van der Waals surface area contributed by atoms with Gasteiger partial charge in [0.15, 0.2) is 0 Å². The quantitative estimate of drug-likeness (QED) is 0.621. The van der Waals surface area contributed by atoms with E-state index in [1.165, 1.54) is 11.3 Å². The molecular weight excluding hydrogens is 248 g/mol. The number of hydrogen-bond acceptors (Lipinski definition) is 4. The standard InChI is InChI=1S/C10H11ClN2O2S/c11-9-2-1-8(16-9)10(14)13-5-3-7(12-15)4-6-13/h1-2,15H,3-6H2. The summed E-state index contributed by atoms with van der Waals surface area (Å²) in [5.74, 6) is 0.00823. The van der Waals surface area contributed by atoms with E-state index in [-0.39, 0.29) is 5.91 Å². The van der Waals surface area contributed by atoms with E-state index in [2.05, 4.69) is 5.16 Å². The first-order valence-electron chi connectivity index (χ1n) is 4.95. The molecule has 0 unspecified atom stereocenters. The summed E-state index contributed by atoms with van der Waals surface area (Å²) in [6.45, 7) is 1.21. The lowest BCUT2D eigenvalue weighted by atomic mass is 10.1. The topological polar surface area (TPSA) is 52.9 Å². The Hall–Kier alpha value is -1.07. The smallest absolute Gasteiger partial charge is 0.263 e. The van der Waals surface area contributed by atoms with E-state index in [0.29, 0.717) is 35.1 Å². The zero-order valence-corrected chi connectivity index (χ0v) is 10.1. The van der Waals surface area contributed by atoms with Crippen molar-refractivity contribution >= 4 is 34.6 Å². The number of nitrogens with zero attached hydrogens (tertiary/aromatic N) is 2. The summed E-state index contributed by atoms with van der Waals surface area (Å²) in [6, 6.07) is 3.47. The first-order valence-corrected chi connectivity index (χ1v) is 6.14. The number of oxime groups is 1. The average molecular weight is 259 g/mol. The van der Waals surface area contributed by atoms with Crippen LogP contribution < -0.4 is 0 Å². The van der Waals surface area contributed by atoms with Gasteiger partial charge in [-0.05, 0) is 12.1 Å². The minimum atomic E-state index is 0.00823. The summed E-state index contributed by atoms with van der Waals surface area (Å²) in [4.78, 5) is 14.4. The van der Waals surface area contributed by atoms with E-state index in [1.807, 2.05) is 0 Å². The Labute approximate surface area is 102 Å². The molecule has 2 heterocycles. The first kappa shape index (κ1) is 11.4. The summed E-state index contributed by atoms with van der Waals surface area (Å²) < 4.78 is 0.623. The second-order valence-electron chi connectivity index (χ2n) is 3.56. The van der Waals surface area contributed by atoms with E-state index >= 15 is 0 Å². The van der Waals surface area contributed by atoms with Gasteiger partial charge in [0.25, 0.3) is 5.91 Å². The minimum absolute atomic E-state index is 0.00823. The molecule has 1 aliphatic rings. The zero-order valence-electron chi connectivity index (χ0n) is 8.52. The molecule has 4 nitrogen and oxygen atoms in total. The molecule has 0 bridgehead atoms. The van der Waals surface area contributed by atoms with E-state index < -0.39 is 0 Å². The molecule has 0 radical (unpaired) electrons. The third-order valence-electron chi connectivity index (χ3n) is 2.55. The van der Waals surface area contributed by atoms with Crippen molar-refractivity contribution in [2.24, 2.45) is 5.16 Å². The van der Waals surface area contributed by atoms with Crippen LogP contribution in [0.25, 0.3) is 0 Å². The van der Waals surface area contributed by atoms with E-state index in [0.717, 1.165) is 5.71 Å². The monoisotopic (exact) mass is 258 g/mol. The van der Waals surface area contributed by atoms with Crippen LogP contribution in [0.5, 0.6) is 0 Å². The molecule has 1 fully saturated rings. The Balaban J connectivity index is 2.02. The Kier molecular flexibility index (Phi) is 3.46. The number of carbonyl (C=O) groups excluding carboxylic acids is 1. The number of hydrogen-bond donors (Lipinski definition) is 1. The Bertz CT molecular complexity index is 420. The fourth-order valence-electron chi connectivity index (χ4n) is 1.65. The summed E-state index contributed by atoms with van der Waals surface area (Å²) >= 11 is 7.08. The molecular formula is C10H11ClN2O2S. The van der Waals surface area contributed by atoms with Crippen LogP contribution in [-0.4, -0.2) is 34.8 Å². The molecule has 6 heteroatoms. The molecule has 0 spiro atoms. The minimum Gasteiger partial charge on any atom is -0.411 e. The summed E-state index contributed by atoms with van der Waals surface area (Å²) in [5.41, 5.74) is 0.758. The summed E-state index contributed by atoms with van der Waals surface area (Å²) in [7, 11) is 0. The molecule has 1 aromatic rings. The van der Waals surface area contributed by atoms with Crippen molar-refractivity contribution in [1.82, 2.24) is 4.90 Å². The third-order valence-corrected chi connectivity index (χ3v) is 3.77. The second-order valence-corrected chi connectivity index (χ2v) is 5.28. The molecule has 1 saturated heterocycles. The number of halogens is 1. The molecule has 86 valence electrons. The van der Waals surface area contributed by atoms with Gasteiger partial charge in [-0.25, -0.2) is 0 Å². The molecule has 0 aromatic carbocycles. The van der Waals surface area contributed by atoms with E-state index in [1.54, 1.807) is 17.0 Å². The van der Waals surface area contributed by atoms with Gasteiger partial charge in [0.05, 0.1) is 14.9 Å². The highest BCUT2D eigenvalue weighted by Crippen LogP contribution is 2.23. The highest BCUT2D eigenvalue weighted by molar-refractivity contribution is 7.17. The lowest BCUT2D eigenvalue weighted by Gasteiger charge is -2.26. The van der Waals surface area contributed by atoms with E-state index in [4.69, 9.17) is 16.8 Å². The highest BCUT2D eigenvalue weighted by Gasteiger charge is 2.22. The van der Waals surface area contributed by atoms with Crippen molar-refractivity contribution < 1.29 is 10.0 Å². The van der Waals surface area contributed by atoms with Gasteiger partial charge in [-0.3, -0.25) is 4.79 Å². The van der Waals surface area contributed by atoms with Crippen molar-refractivity contribution in [1.29, 1.82) is 0 Å². The van der Waals surface area contributed by atoms with Gasteiger partial charge < -0.3 is 10.1 Å². The predicted octanol–water partition coefficient (Wildman–Crippen LogP) is 2.47. The van der Waals surface area contributed by atoms with Crippen molar-refractivity contribution in [3.8, 4) is 0 Å². The normalized spacial score (nSPS) is 16.3. The molecule has 1 aliphatic heterocycles.